The lowest BCUT2D eigenvalue weighted by atomic mass is 10.1. The molecule has 88 valence electrons. The van der Waals surface area contributed by atoms with Crippen molar-refractivity contribution in [3.05, 3.63) is 27.3 Å². The summed E-state index contributed by atoms with van der Waals surface area (Å²) in [5.74, 6) is -1.84. The standard InChI is InChI=1S/C11H8INO4/c12-7-3-1-2-6(11(16)17)10(7)13-8(14)4-5-9(13)15/h1-3H,4-5H2,(H,16,17). The Labute approximate surface area is 111 Å². The minimum Gasteiger partial charge on any atom is -0.478 e. The molecular formula is C11H8INO4. The van der Waals surface area contributed by atoms with Crippen molar-refractivity contribution < 1.29 is 19.5 Å². The second-order valence-corrected chi connectivity index (χ2v) is 4.73. The Morgan fingerprint density at radius 3 is 2.35 bits per heavy atom. The molecule has 2 amide bonds. The number of benzene rings is 1. The lowest BCUT2D eigenvalue weighted by Crippen LogP contribution is -2.31. The molecule has 0 atom stereocenters. The zero-order valence-electron chi connectivity index (χ0n) is 8.64. The third-order valence-electron chi connectivity index (χ3n) is 2.49. The lowest BCUT2D eigenvalue weighted by molar-refractivity contribution is -0.121. The van der Waals surface area contributed by atoms with Crippen LogP contribution in [-0.4, -0.2) is 22.9 Å². The molecule has 5 nitrogen and oxygen atoms in total. The molecule has 1 heterocycles. The van der Waals surface area contributed by atoms with Crippen LogP contribution in [0.3, 0.4) is 0 Å². The average molecular weight is 345 g/mol. The zero-order valence-corrected chi connectivity index (χ0v) is 10.8. The molecular weight excluding hydrogens is 337 g/mol. The average Bonchev–Trinajstić information content (AvgIpc) is 2.59. The fraction of sp³-hybridized carbons (Fsp3) is 0.182. The number of carboxylic acids is 1. The normalized spacial score (nSPS) is 15.5. The summed E-state index contributed by atoms with van der Waals surface area (Å²) < 4.78 is 0.575. The van der Waals surface area contributed by atoms with Crippen LogP contribution in [0.1, 0.15) is 23.2 Å². The van der Waals surface area contributed by atoms with Gasteiger partial charge in [0.05, 0.1) is 11.3 Å². The van der Waals surface area contributed by atoms with Crippen molar-refractivity contribution in [1.29, 1.82) is 0 Å². The van der Waals surface area contributed by atoms with E-state index in [9.17, 15) is 14.4 Å². The van der Waals surface area contributed by atoms with Crippen LogP contribution in [0.5, 0.6) is 0 Å². The van der Waals surface area contributed by atoms with Gasteiger partial charge in [-0.2, -0.15) is 0 Å². The predicted molar refractivity (Wildman–Crippen MR) is 67.8 cm³/mol. The van der Waals surface area contributed by atoms with Gasteiger partial charge in [-0.3, -0.25) is 9.59 Å². The van der Waals surface area contributed by atoms with Gasteiger partial charge in [-0.05, 0) is 34.7 Å². The first-order valence-electron chi connectivity index (χ1n) is 4.90. The van der Waals surface area contributed by atoms with Crippen molar-refractivity contribution in [2.45, 2.75) is 12.8 Å². The van der Waals surface area contributed by atoms with Gasteiger partial charge in [0.1, 0.15) is 0 Å². The molecule has 1 aromatic rings. The van der Waals surface area contributed by atoms with Crippen LogP contribution < -0.4 is 4.90 Å². The van der Waals surface area contributed by atoms with Crippen LogP contribution >= 0.6 is 22.6 Å². The number of hydrogen-bond acceptors (Lipinski definition) is 3. The van der Waals surface area contributed by atoms with E-state index < -0.39 is 5.97 Å². The second-order valence-electron chi connectivity index (χ2n) is 3.56. The Bertz CT molecular complexity index is 510. The van der Waals surface area contributed by atoms with Crippen LogP contribution in [0.4, 0.5) is 5.69 Å². The van der Waals surface area contributed by atoms with Gasteiger partial charge in [0.25, 0.3) is 0 Å². The van der Waals surface area contributed by atoms with Crippen LogP contribution in [0, 0.1) is 3.57 Å². The number of halogens is 1. The van der Waals surface area contributed by atoms with Crippen LogP contribution in [0.15, 0.2) is 18.2 Å². The highest BCUT2D eigenvalue weighted by Gasteiger charge is 2.34. The molecule has 6 heteroatoms. The molecule has 1 aromatic carbocycles. The molecule has 1 fully saturated rings. The molecule has 0 aromatic heterocycles. The molecule has 0 spiro atoms. The fourth-order valence-electron chi connectivity index (χ4n) is 1.74. The summed E-state index contributed by atoms with van der Waals surface area (Å²) in [6.45, 7) is 0. The van der Waals surface area contributed by atoms with E-state index in [1.807, 2.05) is 22.6 Å². The molecule has 0 radical (unpaired) electrons. The van der Waals surface area contributed by atoms with Crippen molar-refractivity contribution in [3.8, 4) is 0 Å². The van der Waals surface area contributed by atoms with Gasteiger partial charge < -0.3 is 5.11 Å². The van der Waals surface area contributed by atoms with E-state index in [2.05, 4.69) is 0 Å². The van der Waals surface area contributed by atoms with Gasteiger partial charge >= 0.3 is 5.97 Å². The Kier molecular flexibility index (Phi) is 3.14. The van der Waals surface area contributed by atoms with Gasteiger partial charge in [0.15, 0.2) is 0 Å². The second kappa shape index (κ2) is 4.44. The van der Waals surface area contributed by atoms with Crippen molar-refractivity contribution >= 4 is 46.1 Å². The summed E-state index contributed by atoms with van der Waals surface area (Å²) in [4.78, 5) is 35.3. The van der Waals surface area contributed by atoms with Gasteiger partial charge in [-0.25, -0.2) is 9.69 Å². The first-order valence-corrected chi connectivity index (χ1v) is 5.98. The van der Waals surface area contributed by atoms with E-state index in [1.54, 1.807) is 12.1 Å². The molecule has 1 aliphatic heterocycles. The number of nitrogens with zero attached hydrogens (tertiary/aromatic N) is 1. The number of carbonyl (C=O) groups is 3. The summed E-state index contributed by atoms with van der Waals surface area (Å²) in [6.07, 6.45) is 0.283. The van der Waals surface area contributed by atoms with E-state index in [0.717, 1.165) is 4.90 Å². The summed E-state index contributed by atoms with van der Waals surface area (Å²) in [5, 5.41) is 9.07. The van der Waals surface area contributed by atoms with Gasteiger partial charge in [0.2, 0.25) is 11.8 Å². The number of rotatable bonds is 2. The Morgan fingerprint density at radius 1 is 1.24 bits per heavy atom. The van der Waals surface area contributed by atoms with Gasteiger partial charge in [-0.15, -0.1) is 0 Å². The van der Waals surface area contributed by atoms with Gasteiger partial charge in [-0.1, -0.05) is 6.07 Å². The summed E-state index contributed by atoms with van der Waals surface area (Å²) in [5.41, 5.74) is 0.161. The third kappa shape index (κ3) is 2.04. The van der Waals surface area contributed by atoms with Crippen molar-refractivity contribution in [2.24, 2.45) is 0 Å². The maximum atomic E-state index is 11.6. The van der Waals surface area contributed by atoms with E-state index in [1.165, 1.54) is 6.07 Å². The summed E-state index contributed by atoms with van der Waals surface area (Å²) >= 11 is 1.92. The van der Waals surface area contributed by atoms with Crippen molar-refractivity contribution in [3.63, 3.8) is 0 Å². The van der Waals surface area contributed by atoms with E-state index in [0.29, 0.717) is 3.57 Å². The largest absolute Gasteiger partial charge is 0.478 e. The zero-order chi connectivity index (χ0) is 12.6. The highest BCUT2D eigenvalue weighted by Crippen LogP contribution is 2.31. The summed E-state index contributed by atoms with van der Waals surface area (Å²) in [7, 11) is 0. The molecule has 17 heavy (non-hydrogen) atoms. The molecule has 0 unspecified atom stereocenters. The molecule has 1 N–H and O–H groups in total. The SMILES string of the molecule is O=C(O)c1cccc(I)c1N1C(=O)CCC1=O. The highest BCUT2D eigenvalue weighted by atomic mass is 127. The maximum Gasteiger partial charge on any atom is 0.337 e. The fourth-order valence-corrected chi connectivity index (χ4v) is 2.48. The first kappa shape index (κ1) is 12.0. The van der Waals surface area contributed by atoms with Crippen molar-refractivity contribution in [1.82, 2.24) is 0 Å². The van der Waals surface area contributed by atoms with Crippen molar-refractivity contribution in [2.75, 3.05) is 4.90 Å². The number of imide groups is 1. The number of para-hydroxylation sites is 1. The minimum absolute atomic E-state index is 0.0273. The van der Waals surface area contributed by atoms with Gasteiger partial charge in [0, 0.05) is 16.4 Å². The molecule has 1 saturated heterocycles. The quantitative estimate of drug-likeness (QED) is 0.653. The highest BCUT2D eigenvalue weighted by molar-refractivity contribution is 14.1. The van der Waals surface area contributed by atoms with E-state index >= 15 is 0 Å². The van der Waals surface area contributed by atoms with E-state index in [4.69, 9.17) is 5.11 Å². The smallest absolute Gasteiger partial charge is 0.337 e. The number of aromatic carboxylic acids is 1. The molecule has 0 aliphatic carbocycles. The Morgan fingerprint density at radius 2 is 1.82 bits per heavy atom. The topological polar surface area (TPSA) is 74.7 Å². The molecule has 0 saturated carbocycles. The number of hydrogen-bond donors (Lipinski definition) is 1. The van der Waals surface area contributed by atoms with Crippen LogP contribution in [-0.2, 0) is 9.59 Å². The molecule has 1 aliphatic rings. The lowest BCUT2D eigenvalue weighted by Gasteiger charge is -2.17. The van der Waals surface area contributed by atoms with Crippen LogP contribution in [0.2, 0.25) is 0 Å². The predicted octanol–water partition coefficient (Wildman–Crippen LogP) is 1.64. The summed E-state index contributed by atoms with van der Waals surface area (Å²) in [6, 6.07) is 4.64. The number of amides is 2. The molecule has 2 rings (SSSR count). The third-order valence-corrected chi connectivity index (χ3v) is 3.36. The van der Waals surface area contributed by atoms with Crippen LogP contribution in [0.25, 0.3) is 0 Å². The number of anilines is 1. The Balaban J connectivity index is 2.61. The van der Waals surface area contributed by atoms with E-state index in [-0.39, 0.29) is 35.9 Å². The maximum absolute atomic E-state index is 11.6. The first-order chi connectivity index (χ1) is 8.02. The molecule has 0 bridgehead atoms. The monoisotopic (exact) mass is 345 g/mol. The number of carboxylic acid groups (broad SMARTS) is 1. The number of carbonyl (C=O) groups excluding carboxylic acids is 2. The Hall–Kier alpha value is -1.44. The minimum atomic E-state index is -1.15.